The number of pyridine rings is 1. The van der Waals surface area contributed by atoms with E-state index in [1.165, 1.54) is 35.1 Å². The van der Waals surface area contributed by atoms with Crippen LogP contribution >= 0.6 is 0 Å². The second kappa shape index (κ2) is 7.31. The van der Waals surface area contributed by atoms with E-state index in [2.05, 4.69) is 69.1 Å². The maximum Gasteiger partial charge on any atom is 0.192 e. The van der Waals surface area contributed by atoms with Crippen molar-refractivity contribution < 1.29 is 4.43 Å². The molecule has 1 fully saturated rings. The fourth-order valence-corrected chi connectivity index (χ4v) is 5.62. The van der Waals surface area contributed by atoms with Crippen LogP contribution in [-0.4, -0.2) is 26.4 Å². The number of rotatable bonds is 4. The summed E-state index contributed by atoms with van der Waals surface area (Å²) >= 11 is 0. The molecule has 1 aromatic carbocycles. The zero-order valence-electron chi connectivity index (χ0n) is 18.1. The Labute approximate surface area is 171 Å². The van der Waals surface area contributed by atoms with E-state index in [-0.39, 0.29) is 11.1 Å². The van der Waals surface area contributed by atoms with Crippen LogP contribution in [0.25, 0.3) is 11.1 Å². The number of fused-ring (bicyclic) bond motifs is 1. The van der Waals surface area contributed by atoms with Crippen molar-refractivity contribution in [2.24, 2.45) is 0 Å². The molecular formula is C24H34N2OSi. The summed E-state index contributed by atoms with van der Waals surface area (Å²) in [6.07, 6.45) is 6.90. The van der Waals surface area contributed by atoms with E-state index >= 15 is 0 Å². The molecule has 1 atom stereocenters. The molecule has 4 rings (SSSR count). The molecule has 3 nitrogen and oxygen atoms in total. The third-order valence-electron chi connectivity index (χ3n) is 6.94. The van der Waals surface area contributed by atoms with Gasteiger partial charge >= 0.3 is 0 Å². The average molecular weight is 395 g/mol. The summed E-state index contributed by atoms with van der Waals surface area (Å²) < 4.78 is 6.82. The summed E-state index contributed by atoms with van der Waals surface area (Å²) in [4.78, 5) is 7.23. The van der Waals surface area contributed by atoms with E-state index in [0.29, 0.717) is 0 Å². The van der Waals surface area contributed by atoms with Crippen LogP contribution in [-0.2, 0) is 10.8 Å². The first-order valence-corrected chi connectivity index (χ1v) is 13.7. The average Bonchev–Trinajstić information content (AvgIpc) is 3.31. The van der Waals surface area contributed by atoms with Crippen LogP contribution in [0, 0.1) is 0 Å². The number of hydrogen-bond acceptors (Lipinski definition) is 3. The molecule has 0 spiro atoms. The Bertz CT molecular complexity index is 850. The summed E-state index contributed by atoms with van der Waals surface area (Å²) in [5, 5.41) is 0.236. The maximum atomic E-state index is 6.82. The molecule has 1 aromatic heterocycles. The van der Waals surface area contributed by atoms with Crippen molar-refractivity contribution in [2.45, 2.75) is 70.7 Å². The monoisotopic (exact) mass is 394 g/mol. The van der Waals surface area contributed by atoms with Gasteiger partial charge in [-0.3, -0.25) is 0 Å². The van der Waals surface area contributed by atoms with Crippen molar-refractivity contribution in [3.63, 3.8) is 0 Å². The highest BCUT2D eigenvalue weighted by Gasteiger charge is 2.41. The molecule has 0 unspecified atom stereocenters. The second-order valence-electron chi connectivity index (χ2n) is 9.85. The van der Waals surface area contributed by atoms with Crippen molar-refractivity contribution in [3.05, 3.63) is 47.7 Å². The van der Waals surface area contributed by atoms with Crippen molar-refractivity contribution >= 4 is 14.1 Å². The molecule has 0 radical (unpaired) electrons. The molecule has 2 aromatic rings. The van der Waals surface area contributed by atoms with Crippen molar-refractivity contribution in [3.8, 4) is 11.1 Å². The summed E-state index contributed by atoms with van der Waals surface area (Å²) in [5.41, 5.74) is 5.52. The Morgan fingerprint density at radius 3 is 2.46 bits per heavy atom. The highest BCUT2D eigenvalue weighted by Crippen LogP contribution is 2.46. The maximum absolute atomic E-state index is 6.82. The lowest BCUT2D eigenvalue weighted by molar-refractivity contribution is 0.185. The van der Waals surface area contributed by atoms with Gasteiger partial charge in [-0.05, 0) is 72.6 Å². The molecule has 2 heterocycles. The highest BCUT2D eigenvalue weighted by atomic mass is 28.4. The first-order chi connectivity index (χ1) is 13.3. The highest BCUT2D eigenvalue weighted by molar-refractivity contribution is 6.74. The zero-order valence-corrected chi connectivity index (χ0v) is 19.1. The zero-order chi connectivity index (χ0) is 19.9. The van der Waals surface area contributed by atoms with Crippen LogP contribution in [0.3, 0.4) is 0 Å². The molecule has 4 heteroatoms. The third kappa shape index (κ3) is 3.53. The summed E-state index contributed by atoms with van der Waals surface area (Å²) in [7, 11) is -1.79. The van der Waals surface area contributed by atoms with E-state index < -0.39 is 8.32 Å². The fourth-order valence-electron chi connectivity index (χ4n) is 4.31. The first kappa shape index (κ1) is 19.7. The Hall–Kier alpha value is -1.65. The molecule has 150 valence electrons. The molecule has 0 N–H and O–H groups in total. The molecule has 28 heavy (non-hydrogen) atoms. The van der Waals surface area contributed by atoms with Gasteiger partial charge in [0.1, 0.15) is 5.82 Å². The molecule has 1 saturated heterocycles. The van der Waals surface area contributed by atoms with Gasteiger partial charge in [-0.15, -0.1) is 0 Å². The van der Waals surface area contributed by atoms with Crippen molar-refractivity contribution in [1.82, 2.24) is 4.98 Å². The van der Waals surface area contributed by atoms with Crippen LogP contribution < -0.4 is 4.90 Å². The van der Waals surface area contributed by atoms with E-state index in [9.17, 15) is 0 Å². The third-order valence-corrected chi connectivity index (χ3v) is 11.4. The molecule has 0 amide bonds. The van der Waals surface area contributed by atoms with E-state index in [0.717, 1.165) is 31.7 Å². The van der Waals surface area contributed by atoms with Gasteiger partial charge in [0.05, 0.1) is 6.10 Å². The lowest BCUT2D eigenvalue weighted by Gasteiger charge is -2.38. The van der Waals surface area contributed by atoms with Gasteiger partial charge in [0.15, 0.2) is 8.32 Å². The van der Waals surface area contributed by atoms with Crippen LogP contribution in [0.4, 0.5) is 5.82 Å². The van der Waals surface area contributed by atoms with Crippen molar-refractivity contribution in [1.29, 1.82) is 0 Å². The van der Waals surface area contributed by atoms with Crippen LogP contribution in [0.2, 0.25) is 18.1 Å². The van der Waals surface area contributed by atoms with Gasteiger partial charge in [0.25, 0.3) is 0 Å². The minimum atomic E-state index is -1.79. The lowest BCUT2D eigenvalue weighted by atomic mass is 9.97. The predicted octanol–water partition coefficient (Wildman–Crippen LogP) is 6.36. The van der Waals surface area contributed by atoms with Crippen LogP contribution in [0.1, 0.15) is 57.3 Å². The van der Waals surface area contributed by atoms with E-state index in [1.807, 2.05) is 6.20 Å². The summed E-state index contributed by atoms with van der Waals surface area (Å²) in [5.74, 6) is 1.15. The van der Waals surface area contributed by atoms with Gasteiger partial charge in [-0.2, -0.15) is 0 Å². The largest absolute Gasteiger partial charge is 0.410 e. The van der Waals surface area contributed by atoms with Gasteiger partial charge in [0.2, 0.25) is 0 Å². The molecular weight excluding hydrogens is 360 g/mol. The predicted molar refractivity (Wildman–Crippen MR) is 120 cm³/mol. The van der Waals surface area contributed by atoms with E-state index in [1.54, 1.807) is 0 Å². The Morgan fingerprint density at radius 1 is 1.04 bits per heavy atom. The smallest absolute Gasteiger partial charge is 0.192 e. The first-order valence-electron chi connectivity index (χ1n) is 10.8. The minimum absolute atomic E-state index is 0.236. The molecule has 0 saturated carbocycles. The molecule has 0 bridgehead atoms. The molecule has 1 aliphatic carbocycles. The standard InChI is InChI=1S/C24H34N2OSi/c1-24(2,3)28(4,5)27-22-14-13-19-18(10-8-11-20(19)22)21-12-9-15-25-23(21)26-16-6-7-17-26/h8-12,15,22H,6-7,13-14,16-17H2,1-5H3/t22-/m0/s1. The van der Waals surface area contributed by atoms with Gasteiger partial charge in [-0.1, -0.05) is 39.0 Å². The van der Waals surface area contributed by atoms with Gasteiger partial charge in [-0.25, -0.2) is 4.98 Å². The van der Waals surface area contributed by atoms with E-state index in [4.69, 9.17) is 9.41 Å². The van der Waals surface area contributed by atoms with Crippen LogP contribution in [0.15, 0.2) is 36.5 Å². The topological polar surface area (TPSA) is 25.4 Å². The summed E-state index contributed by atoms with van der Waals surface area (Å²) in [6.45, 7) is 13.9. The van der Waals surface area contributed by atoms with Gasteiger partial charge < -0.3 is 9.33 Å². The number of aromatic nitrogens is 1. The molecule has 2 aliphatic rings. The van der Waals surface area contributed by atoms with Crippen LogP contribution in [0.5, 0.6) is 0 Å². The number of nitrogens with zero attached hydrogens (tertiary/aromatic N) is 2. The van der Waals surface area contributed by atoms with Gasteiger partial charge in [0, 0.05) is 24.8 Å². The second-order valence-corrected chi connectivity index (χ2v) is 14.6. The number of hydrogen-bond donors (Lipinski definition) is 0. The lowest BCUT2D eigenvalue weighted by Crippen LogP contribution is -2.41. The molecule has 1 aliphatic heterocycles. The fraction of sp³-hybridized carbons (Fsp3) is 0.542. The summed E-state index contributed by atoms with van der Waals surface area (Å²) in [6, 6.07) is 11.1. The minimum Gasteiger partial charge on any atom is -0.410 e. The number of benzene rings is 1. The SMILES string of the molecule is CC(C)(C)[Si](C)(C)O[C@H]1CCc2c(-c3cccnc3N3CCCC3)cccc21. The Kier molecular flexibility index (Phi) is 5.13. The quantitative estimate of drug-likeness (QED) is 0.564. The Morgan fingerprint density at radius 2 is 1.75 bits per heavy atom. The Balaban J connectivity index is 1.70. The number of anilines is 1. The van der Waals surface area contributed by atoms with Crippen molar-refractivity contribution in [2.75, 3.05) is 18.0 Å². The normalized spacial score (nSPS) is 19.9.